The van der Waals surface area contributed by atoms with Crippen molar-refractivity contribution in [2.75, 3.05) is 20.6 Å². The zero-order valence-corrected chi connectivity index (χ0v) is 17.1. The summed E-state index contributed by atoms with van der Waals surface area (Å²) in [4.78, 5) is 25.4. The Labute approximate surface area is 157 Å². The summed E-state index contributed by atoms with van der Waals surface area (Å²) in [6.07, 6.45) is 0.156. The first-order chi connectivity index (χ1) is 11.5. The van der Waals surface area contributed by atoms with Gasteiger partial charge in [0.25, 0.3) is 0 Å². The second kappa shape index (κ2) is 9.30. The lowest BCUT2D eigenvalue weighted by molar-refractivity contribution is -0.128. The average Bonchev–Trinajstić information content (AvgIpc) is 2.52. The lowest BCUT2D eigenvalue weighted by Crippen LogP contribution is -2.50. The molecule has 25 heavy (non-hydrogen) atoms. The lowest BCUT2D eigenvalue weighted by atomic mass is 10.1. The third-order valence-corrected chi connectivity index (χ3v) is 5.48. The van der Waals surface area contributed by atoms with Gasteiger partial charge in [-0.15, -0.1) is 0 Å². The van der Waals surface area contributed by atoms with Crippen LogP contribution in [0.5, 0.6) is 0 Å². The maximum atomic E-state index is 12.5. The molecule has 2 N–H and O–H groups in total. The van der Waals surface area contributed by atoms with Crippen LogP contribution in [0.15, 0.2) is 33.6 Å². The Balaban J connectivity index is 2.77. The zero-order valence-electron chi connectivity index (χ0n) is 14.7. The number of nitrogens with one attached hydrogen (secondary N) is 2. The highest BCUT2D eigenvalue weighted by Crippen LogP contribution is 2.16. The molecule has 0 aliphatic rings. The predicted molar refractivity (Wildman–Crippen MR) is 99.4 cm³/mol. The molecule has 0 saturated heterocycles. The van der Waals surface area contributed by atoms with Gasteiger partial charge >= 0.3 is 0 Å². The summed E-state index contributed by atoms with van der Waals surface area (Å²) in [7, 11) is -0.563. The standard InChI is InChI=1S/C16H24BrN3O4S/c1-11(2)15(16(22)18-10-9-14(21)20(3)4)19-25(23,24)13-7-5-12(17)6-8-13/h5-8,11,15,19H,9-10H2,1-4H3,(H,18,22)/t15-/m0/s1. The molecule has 0 bridgehead atoms. The Morgan fingerprint density at radius 3 is 2.20 bits per heavy atom. The smallest absolute Gasteiger partial charge is 0.241 e. The van der Waals surface area contributed by atoms with E-state index in [0.29, 0.717) is 0 Å². The maximum Gasteiger partial charge on any atom is 0.241 e. The van der Waals surface area contributed by atoms with Crippen molar-refractivity contribution < 1.29 is 18.0 Å². The Morgan fingerprint density at radius 2 is 1.72 bits per heavy atom. The van der Waals surface area contributed by atoms with Crippen LogP contribution < -0.4 is 10.0 Å². The molecule has 0 aliphatic heterocycles. The van der Waals surface area contributed by atoms with Gasteiger partial charge in [-0.2, -0.15) is 4.72 Å². The highest BCUT2D eigenvalue weighted by atomic mass is 79.9. The molecular weight excluding hydrogens is 410 g/mol. The van der Waals surface area contributed by atoms with Crippen molar-refractivity contribution in [1.29, 1.82) is 0 Å². The molecule has 0 spiro atoms. The highest BCUT2D eigenvalue weighted by Gasteiger charge is 2.28. The van der Waals surface area contributed by atoms with Gasteiger partial charge in [0.15, 0.2) is 0 Å². The van der Waals surface area contributed by atoms with E-state index in [0.717, 1.165) is 4.47 Å². The molecule has 0 aliphatic carbocycles. The summed E-state index contributed by atoms with van der Waals surface area (Å²) in [5.41, 5.74) is 0. The quantitative estimate of drug-likeness (QED) is 0.646. The minimum absolute atomic E-state index is 0.0805. The fourth-order valence-corrected chi connectivity index (χ4v) is 3.58. The Morgan fingerprint density at radius 1 is 1.16 bits per heavy atom. The zero-order chi connectivity index (χ0) is 19.2. The minimum Gasteiger partial charge on any atom is -0.354 e. The number of carbonyl (C=O) groups excluding carboxylic acids is 2. The van der Waals surface area contributed by atoms with Gasteiger partial charge in [-0.05, 0) is 30.2 Å². The Bertz CT molecular complexity index is 703. The molecule has 9 heteroatoms. The molecule has 1 aromatic rings. The van der Waals surface area contributed by atoms with Gasteiger partial charge in [-0.3, -0.25) is 9.59 Å². The van der Waals surface area contributed by atoms with Crippen LogP contribution in [0.25, 0.3) is 0 Å². The van der Waals surface area contributed by atoms with Crippen LogP contribution in [0.4, 0.5) is 0 Å². The number of benzene rings is 1. The van der Waals surface area contributed by atoms with E-state index in [2.05, 4.69) is 26.0 Å². The van der Waals surface area contributed by atoms with E-state index in [4.69, 9.17) is 0 Å². The summed E-state index contributed by atoms with van der Waals surface area (Å²) in [6.45, 7) is 3.65. The molecule has 2 amide bonds. The van der Waals surface area contributed by atoms with Crippen LogP contribution in [0.2, 0.25) is 0 Å². The number of amides is 2. The van der Waals surface area contributed by atoms with Crippen molar-refractivity contribution in [2.45, 2.75) is 31.2 Å². The number of rotatable bonds is 8. The fraction of sp³-hybridized carbons (Fsp3) is 0.500. The Hall–Kier alpha value is -1.45. The number of hydrogen-bond donors (Lipinski definition) is 2. The third kappa shape index (κ3) is 6.75. The topological polar surface area (TPSA) is 95.6 Å². The molecule has 1 atom stereocenters. The van der Waals surface area contributed by atoms with Crippen LogP contribution in [0.1, 0.15) is 20.3 Å². The van der Waals surface area contributed by atoms with Gasteiger partial charge in [0.2, 0.25) is 21.8 Å². The third-order valence-electron chi connectivity index (χ3n) is 3.49. The molecule has 0 heterocycles. The van der Waals surface area contributed by atoms with Gasteiger partial charge in [0.05, 0.1) is 4.90 Å². The summed E-state index contributed by atoms with van der Waals surface area (Å²) < 4.78 is 28.1. The molecule has 1 rings (SSSR count). The molecule has 0 saturated carbocycles. The van der Waals surface area contributed by atoms with Crippen molar-refractivity contribution in [3.63, 3.8) is 0 Å². The van der Waals surface area contributed by atoms with E-state index in [-0.39, 0.29) is 29.7 Å². The number of sulfonamides is 1. The van der Waals surface area contributed by atoms with Crippen LogP contribution >= 0.6 is 15.9 Å². The molecule has 0 aromatic heterocycles. The fourth-order valence-electron chi connectivity index (χ4n) is 1.97. The molecule has 0 fully saturated rings. The van der Waals surface area contributed by atoms with Gasteiger partial charge in [-0.25, -0.2) is 8.42 Å². The van der Waals surface area contributed by atoms with E-state index in [9.17, 15) is 18.0 Å². The summed E-state index contributed by atoms with van der Waals surface area (Å²) in [6, 6.07) is 5.22. The van der Waals surface area contributed by atoms with E-state index in [1.54, 1.807) is 40.1 Å². The molecule has 1 aromatic carbocycles. The van der Waals surface area contributed by atoms with E-state index in [1.807, 2.05) is 0 Å². The van der Waals surface area contributed by atoms with Crippen LogP contribution in [-0.2, 0) is 19.6 Å². The molecule has 0 radical (unpaired) electrons. The molecule has 0 unspecified atom stereocenters. The maximum absolute atomic E-state index is 12.5. The SMILES string of the molecule is CC(C)[C@H](NS(=O)(=O)c1ccc(Br)cc1)C(=O)NCCC(=O)N(C)C. The van der Waals surface area contributed by atoms with Gasteiger partial charge in [0.1, 0.15) is 6.04 Å². The minimum atomic E-state index is -3.83. The second-order valence-electron chi connectivity index (χ2n) is 6.13. The van der Waals surface area contributed by atoms with Crippen molar-refractivity contribution >= 4 is 37.8 Å². The lowest BCUT2D eigenvalue weighted by Gasteiger charge is -2.22. The van der Waals surface area contributed by atoms with Crippen molar-refractivity contribution in [3.8, 4) is 0 Å². The summed E-state index contributed by atoms with van der Waals surface area (Å²) in [5.74, 6) is -0.825. The summed E-state index contributed by atoms with van der Waals surface area (Å²) >= 11 is 3.25. The normalized spacial score (nSPS) is 12.7. The van der Waals surface area contributed by atoms with E-state index < -0.39 is 22.0 Å². The summed E-state index contributed by atoms with van der Waals surface area (Å²) in [5, 5.41) is 2.61. The van der Waals surface area contributed by atoms with Crippen LogP contribution in [0.3, 0.4) is 0 Å². The van der Waals surface area contributed by atoms with Crippen molar-refractivity contribution in [1.82, 2.24) is 14.9 Å². The average molecular weight is 434 g/mol. The first-order valence-corrected chi connectivity index (χ1v) is 10.1. The van der Waals surface area contributed by atoms with Crippen LogP contribution in [0, 0.1) is 5.92 Å². The van der Waals surface area contributed by atoms with E-state index >= 15 is 0 Å². The van der Waals surface area contributed by atoms with E-state index in [1.165, 1.54) is 17.0 Å². The number of nitrogens with zero attached hydrogens (tertiary/aromatic N) is 1. The molecule has 140 valence electrons. The van der Waals surface area contributed by atoms with Gasteiger partial charge < -0.3 is 10.2 Å². The predicted octanol–water partition coefficient (Wildman–Crippen LogP) is 1.35. The number of halogens is 1. The van der Waals surface area contributed by atoms with Crippen molar-refractivity contribution in [2.24, 2.45) is 5.92 Å². The molecular formula is C16H24BrN3O4S. The first kappa shape index (κ1) is 21.6. The number of hydrogen-bond acceptors (Lipinski definition) is 4. The second-order valence-corrected chi connectivity index (χ2v) is 8.76. The monoisotopic (exact) mass is 433 g/mol. The van der Waals surface area contributed by atoms with Gasteiger partial charge in [-0.1, -0.05) is 29.8 Å². The number of carbonyl (C=O) groups is 2. The Kier molecular flexibility index (Phi) is 8.04. The largest absolute Gasteiger partial charge is 0.354 e. The highest BCUT2D eigenvalue weighted by molar-refractivity contribution is 9.10. The van der Waals surface area contributed by atoms with Crippen LogP contribution in [-0.4, -0.2) is 51.8 Å². The first-order valence-electron chi connectivity index (χ1n) is 7.80. The molecule has 7 nitrogen and oxygen atoms in total. The van der Waals surface area contributed by atoms with Gasteiger partial charge in [0, 0.05) is 31.5 Å². The van der Waals surface area contributed by atoms with Crippen molar-refractivity contribution in [3.05, 3.63) is 28.7 Å².